The normalized spacial score (nSPS) is 12.6. The second-order valence-corrected chi connectivity index (χ2v) is 6.23. The lowest BCUT2D eigenvalue weighted by Gasteiger charge is -2.20. The van der Waals surface area contributed by atoms with Crippen molar-refractivity contribution in [3.8, 4) is 0 Å². The molecule has 0 saturated carbocycles. The molecule has 1 atom stereocenters. The standard InChI is InChI=1S/C14H16INS/c1-3-16-14(11-8-9-17-10(11)2)12-6-4-5-7-13(12)15/h4-9,14,16H,3H2,1-2H3. The molecule has 0 radical (unpaired) electrons. The first-order chi connectivity index (χ1) is 8.24. The minimum atomic E-state index is 0.319. The van der Waals surface area contributed by atoms with E-state index in [9.17, 15) is 0 Å². The highest BCUT2D eigenvalue weighted by Gasteiger charge is 2.17. The molecular weight excluding hydrogens is 341 g/mol. The van der Waals surface area contributed by atoms with Crippen LogP contribution < -0.4 is 5.32 Å². The van der Waals surface area contributed by atoms with Crippen molar-refractivity contribution in [3.05, 3.63) is 55.3 Å². The zero-order valence-electron chi connectivity index (χ0n) is 10.0. The van der Waals surface area contributed by atoms with Crippen LogP contribution in [0.15, 0.2) is 35.7 Å². The van der Waals surface area contributed by atoms with Crippen LogP contribution in [0.5, 0.6) is 0 Å². The molecule has 1 aromatic heterocycles. The van der Waals surface area contributed by atoms with Crippen molar-refractivity contribution < 1.29 is 0 Å². The van der Waals surface area contributed by atoms with E-state index in [-0.39, 0.29) is 0 Å². The fourth-order valence-electron chi connectivity index (χ4n) is 2.00. The van der Waals surface area contributed by atoms with E-state index in [1.54, 1.807) is 0 Å². The lowest BCUT2D eigenvalue weighted by molar-refractivity contribution is 0.627. The van der Waals surface area contributed by atoms with Crippen molar-refractivity contribution in [2.75, 3.05) is 6.54 Å². The van der Waals surface area contributed by atoms with Crippen molar-refractivity contribution in [1.29, 1.82) is 0 Å². The van der Waals surface area contributed by atoms with E-state index in [1.165, 1.54) is 19.6 Å². The highest BCUT2D eigenvalue weighted by atomic mass is 127. The van der Waals surface area contributed by atoms with Crippen LogP contribution >= 0.6 is 33.9 Å². The zero-order valence-corrected chi connectivity index (χ0v) is 13.0. The van der Waals surface area contributed by atoms with Crippen LogP contribution in [0.25, 0.3) is 0 Å². The predicted octanol–water partition coefficient (Wildman–Crippen LogP) is 4.36. The highest BCUT2D eigenvalue weighted by molar-refractivity contribution is 14.1. The maximum absolute atomic E-state index is 3.58. The molecule has 0 amide bonds. The summed E-state index contributed by atoms with van der Waals surface area (Å²) in [5, 5.41) is 5.76. The molecule has 17 heavy (non-hydrogen) atoms. The van der Waals surface area contributed by atoms with Crippen molar-refractivity contribution in [1.82, 2.24) is 5.32 Å². The van der Waals surface area contributed by atoms with E-state index in [0.717, 1.165) is 6.54 Å². The molecule has 1 unspecified atom stereocenters. The molecule has 1 nitrogen and oxygen atoms in total. The van der Waals surface area contributed by atoms with Gasteiger partial charge in [0.25, 0.3) is 0 Å². The largest absolute Gasteiger partial charge is 0.306 e. The van der Waals surface area contributed by atoms with Gasteiger partial charge in [-0.05, 0) is 64.7 Å². The first-order valence-corrected chi connectivity index (χ1v) is 7.71. The van der Waals surface area contributed by atoms with Crippen molar-refractivity contribution >= 4 is 33.9 Å². The van der Waals surface area contributed by atoms with Crippen LogP contribution in [0.4, 0.5) is 0 Å². The van der Waals surface area contributed by atoms with E-state index in [1.807, 2.05) is 11.3 Å². The second-order valence-electron chi connectivity index (χ2n) is 3.94. The van der Waals surface area contributed by atoms with Gasteiger partial charge in [-0.3, -0.25) is 0 Å². The second kappa shape index (κ2) is 5.98. The topological polar surface area (TPSA) is 12.0 Å². The quantitative estimate of drug-likeness (QED) is 0.802. The molecule has 1 aromatic carbocycles. The Bertz CT molecular complexity index is 492. The van der Waals surface area contributed by atoms with Crippen LogP contribution in [0.2, 0.25) is 0 Å². The van der Waals surface area contributed by atoms with Gasteiger partial charge >= 0.3 is 0 Å². The minimum absolute atomic E-state index is 0.319. The summed E-state index contributed by atoms with van der Waals surface area (Å²) >= 11 is 4.23. The third kappa shape index (κ3) is 2.89. The van der Waals surface area contributed by atoms with Gasteiger partial charge in [-0.1, -0.05) is 25.1 Å². The summed E-state index contributed by atoms with van der Waals surface area (Å²) in [6.07, 6.45) is 0. The third-order valence-electron chi connectivity index (χ3n) is 2.83. The van der Waals surface area contributed by atoms with E-state index < -0.39 is 0 Å². The monoisotopic (exact) mass is 357 g/mol. The van der Waals surface area contributed by atoms with Gasteiger partial charge in [-0.2, -0.15) is 0 Å². The minimum Gasteiger partial charge on any atom is -0.306 e. The molecular formula is C14H16INS. The van der Waals surface area contributed by atoms with Crippen molar-refractivity contribution in [2.45, 2.75) is 19.9 Å². The van der Waals surface area contributed by atoms with Crippen LogP contribution in [-0.2, 0) is 0 Å². The summed E-state index contributed by atoms with van der Waals surface area (Å²) < 4.78 is 1.32. The Labute approximate surface area is 120 Å². The van der Waals surface area contributed by atoms with Crippen LogP contribution in [0.3, 0.4) is 0 Å². The Morgan fingerprint density at radius 3 is 2.59 bits per heavy atom. The number of hydrogen-bond acceptors (Lipinski definition) is 2. The third-order valence-corrected chi connectivity index (χ3v) is 4.68. The molecule has 0 aliphatic carbocycles. The number of benzene rings is 1. The predicted molar refractivity (Wildman–Crippen MR) is 83.7 cm³/mol. The van der Waals surface area contributed by atoms with Gasteiger partial charge in [-0.25, -0.2) is 0 Å². The van der Waals surface area contributed by atoms with Crippen molar-refractivity contribution in [3.63, 3.8) is 0 Å². The Kier molecular flexibility index (Phi) is 4.59. The van der Waals surface area contributed by atoms with Gasteiger partial charge in [-0.15, -0.1) is 11.3 Å². The van der Waals surface area contributed by atoms with Gasteiger partial charge in [0.05, 0.1) is 6.04 Å². The van der Waals surface area contributed by atoms with E-state index in [0.29, 0.717) is 6.04 Å². The van der Waals surface area contributed by atoms with E-state index >= 15 is 0 Å². The summed E-state index contributed by atoms with van der Waals surface area (Å²) in [6, 6.07) is 11.1. The fraction of sp³-hybridized carbons (Fsp3) is 0.286. The summed E-state index contributed by atoms with van der Waals surface area (Å²) in [4.78, 5) is 1.40. The molecule has 2 aromatic rings. The number of nitrogens with one attached hydrogen (secondary N) is 1. The van der Waals surface area contributed by atoms with Gasteiger partial charge in [0.1, 0.15) is 0 Å². The van der Waals surface area contributed by atoms with Crippen molar-refractivity contribution in [2.24, 2.45) is 0 Å². The molecule has 0 bridgehead atoms. The Balaban J connectivity index is 2.43. The highest BCUT2D eigenvalue weighted by Crippen LogP contribution is 2.30. The summed E-state index contributed by atoms with van der Waals surface area (Å²) in [7, 11) is 0. The SMILES string of the molecule is CCNC(c1ccccc1I)c1ccsc1C. The molecule has 0 aliphatic heterocycles. The van der Waals surface area contributed by atoms with Gasteiger partial charge < -0.3 is 5.32 Å². The Morgan fingerprint density at radius 2 is 2.00 bits per heavy atom. The number of thiophene rings is 1. The molecule has 0 fully saturated rings. The first-order valence-electron chi connectivity index (χ1n) is 5.75. The Morgan fingerprint density at radius 1 is 1.24 bits per heavy atom. The van der Waals surface area contributed by atoms with Crippen LogP contribution in [-0.4, -0.2) is 6.54 Å². The molecule has 0 aliphatic rings. The average molecular weight is 357 g/mol. The Hall–Kier alpha value is -0.390. The molecule has 0 spiro atoms. The number of aryl methyl sites for hydroxylation is 1. The van der Waals surface area contributed by atoms with Crippen LogP contribution in [0.1, 0.15) is 29.0 Å². The van der Waals surface area contributed by atoms with E-state index in [4.69, 9.17) is 0 Å². The summed E-state index contributed by atoms with van der Waals surface area (Å²) in [5.41, 5.74) is 2.78. The smallest absolute Gasteiger partial charge is 0.0597 e. The number of rotatable bonds is 4. The molecule has 3 heteroatoms. The van der Waals surface area contributed by atoms with Gasteiger partial charge in [0.15, 0.2) is 0 Å². The number of halogens is 1. The first kappa shape index (κ1) is 13.1. The average Bonchev–Trinajstić information content (AvgIpc) is 2.74. The molecule has 90 valence electrons. The van der Waals surface area contributed by atoms with E-state index in [2.05, 4.69) is 77.5 Å². The number of hydrogen-bond donors (Lipinski definition) is 1. The fourth-order valence-corrected chi connectivity index (χ4v) is 3.43. The molecule has 1 N–H and O–H groups in total. The molecule has 1 heterocycles. The lowest BCUT2D eigenvalue weighted by atomic mass is 9.99. The lowest BCUT2D eigenvalue weighted by Crippen LogP contribution is -2.22. The summed E-state index contributed by atoms with van der Waals surface area (Å²) in [5.74, 6) is 0. The van der Waals surface area contributed by atoms with Gasteiger partial charge in [0, 0.05) is 8.45 Å². The summed E-state index contributed by atoms with van der Waals surface area (Å²) in [6.45, 7) is 5.33. The maximum atomic E-state index is 3.58. The molecule has 0 saturated heterocycles. The zero-order chi connectivity index (χ0) is 12.3. The van der Waals surface area contributed by atoms with Gasteiger partial charge in [0.2, 0.25) is 0 Å². The maximum Gasteiger partial charge on any atom is 0.0597 e. The molecule has 2 rings (SSSR count). The van der Waals surface area contributed by atoms with Crippen LogP contribution in [0, 0.1) is 10.5 Å².